The highest BCUT2D eigenvalue weighted by molar-refractivity contribution is 6.42. The second-order valence-electron chi connectivity index (χ2n) is 5.97. The minimum Gasteiger partial charge on any atom is -0.455 e. The zero-order valence-electron chi connectivity index (χ0n) is 12.9. The molecule has 5 nitrogen and oxygen atoms in total. The van der Waals surface area contributed by atoms with E-state index in [1.165, 1.54) is 12.4 Å². The maximum absolute atomic E-state index is 13.1. The van der Waals surface area contributed by atoms with Crippen molar-refractivity contribution in [3.63, 3.8) is 0 Å². The van der Waals surface area contributed by atoms with E-state index in [1.54, 1.807) is 18.2 Å². The molecular formula is C18H8Cl2FN3O2. The van der Waals surface area contributed by atoms with Crippen LogP contribution in [-0.4, -0.2) is 15.9 Å². The van der Waals surface area contributed by atoms with Gasteiger partial charge in [0.1, 0.15) is 11.2 Å². The second-order valence-corrected chi connectivity index (χ2v) is 6.78. The summed E-state index contributed by atoms with van der Waals surface area (Å²) in [6.45, 7) is 0. The molecule has 0 saturated carbocycles. The van der Waals surface area contributed by atoms with Crippen LogP contribution in [0.5, 0.6) is 0 Å². The molecule has 0 atom stereocenters. The number of hydrogen-bond donors (Lipinski definition) is 1. The van der Waals surface area contributed by atoms with Gasteiger partial charge in [0.2, 0.25) is 0 Å². The Balaban J connectivity index is 1.59. The van der Waals surface area contributed by atoms with E-state index in [9.17, 15) is 9.18 Å². The molecule has 8 heteroatoms. The highest BCUT2D eigenvalue weighted by Gasteiger charge is 2.38. The maximum Gasteiger partial charge on any atom is 0.308 e. The molecule has 0 radical (unpaired) electrons. The van der Waals surface area contributed by atoms with E-state index in [2.05, 4.69) is 15.3 Å². The van der Waals surface area contributed by atoms with E-state index in [4.69, 9.17) is 27.6 Å². The van der Waals surface area contributed by atoms with Crippen LogP contribution >= 0.6 is 23.2 Å². The van der Waals surface area contributed by atoms with Gasteiger partial charge in [0, 0.05) is 46.8 Å². The minimum atomic E-state index is -0.829. The largest absolute Gasteiger partial charge is 0.455 e. The molecule has 1 aromatic carbocycles. The fourth-order valence-electron chi connectivity index (χ4n) is 3.12. The molecule has 5 rings (SSSR count). The van der Waals surface area contributed by atoms with E-state index >= 15 is 0 Å². The number of fused-ring (bicyclic) bond motifs is 5. The Bertz CT molecular complexity index is 1190. The molecule has 26 heavy (non-hydrogen) atoms. The molecule has 0 aliphatic heterocycles. The standard InChI is InChI=1S/C18H8Cl2FN3O2/c19-11-2-1-8(3-12(11)20)24-17(25)14-13(7-5-22-18(21)23-6-7)15-9-4-10(9)16(14)26-15/h1-3,5-6H,4H2,(H,24,25). The summed E-state index contributed by atoms with van der Waals surface area (Å²) in [5.41, 5.74) is 5.28. The predicted octanol–water partition coefficient (Wildman–Crippen LogP) is 4.93. The highest BCUT2D eigenvalue weighted by atomic mass is 35.5. The Morgan fingerprint density at radius 2 is 1.85 bits per heavy atom. The van der Waals surface area contributed by atoms with Crippen molar-refractivity contribution in [2.45, 2.75) is 6.42 Å². The zero-order valence-corrected chi connectivity index (χ0v) is 14.5. The summed E-state index contributed by atoms with van der Waals surface area (Å²) in [6, 6.07) is 4.82. The number of hydrogen-bond acceptors (Lipinski definition) is 4. The first-order valence-electron chi connectivity index (χ1n) is 7.67. The van der Waals surface area contributed by atoms with Gasteiger partial charge in [-0.1, -0.05) is 23.2 Å². The van der Waals surface area contributed by atoms with Gasteiger partial charge in [-0.25, -0.2) is 9.97 Å². The van der Waals surface area contributed by atoms with Gasteiger partial charge in [0.15, 0.2) is 0 Å². The molecule has 1 N–H and O–H groups in total. The lowest BCUT2D eigenvalue weighted by Gasteiger charge is -2.08. The van der Waals surface area contributed by atoms with Crippen molar-refractivity contribution in [3.05, 3.63) is 63.4 Å². The molecule has 3 aromatic heterocycles. The van der Waals surface area contributed by atoms with Crippen molar-refractivity contribution in [2.24, 2.45) is 0 Å². The van der Waals surface area contributed by atoms with Gasteiger partial charge in [0.25, 0.3) is 5.91 Å². The molecule has 0 saturated heterocycles. The van der Waals surface area contributed by atoms with Crippen molar-refractivity contribution < 1.29 is 13.6 Å². The number of benzene rings is 2. The van der Waals surface area contributed by atoms with Crippen LogP contribution in [-0.2, 0) is 6.42 Å². The molecule has 2 bridgehead atoms. The van der Waals surface area contributed by atoms with Crippen molar-refractivity contribution in [3.8, 4) is 11.1 Å². The fourth-order valence-corrected chi connectivity index (χ4v) is 3.42. The van der Waals surface area contributed by atoms with Crippen LogP contribution in [0.15, 0.2) is 35.0 Å². The van der Waals surface area contributed by atoms with Crippen LogP contribution in [0.2, 0.25) is 10.0 Å². The van der Waals surface area contributed by atoms with Gasteiger partial charge in [0.05, 0.1) is 15.6 Å². The van der Waals surface area contributed by atoms with Crippen molar-refractivity contribution in [1.29, 1.82) is 0 Å². The third-order valence-electron chi connectivity index (χ3n) is 4.36. The van der Waals surface area contributed by atoms with Gasteiger partial charge in [-0.15, -0.1) is 0 Å². The average molecular weight is 388 g/mol. The number of furan rings is 2. The number of carbonyl (C=O) groups excluding carboxylic acids is 1. The normalized spacial score (nSPS) is 12.4. The lowest BCUT2D eigenvalue weighted by atomic mass is 10.0. The minimum absolute atomic E-state index is 0.337. The van der Waals surface area contributed by atoms with E-state index < -0.39 is 6.08 Å². The Morgan fingerprint density at radius 1 is 1.12 bits per heavy atom. The first-order chi connectivity index (χ1) is 12.5. The van der Waals surface area contributed by atoms with Crippen LogP contribution in [0, 0.1) is 6.08 Å². The third-order valence-corrected chi connectivity index (χ3v) is 5.10. The van der Waals surface area contributed by atoms with Crippen molar-refractivity contribution in [1.82, 2.24) is 9.97 Å². The molecule has 0 fully saturated rings. The van der Waals surface area contributed by atoms with Crippen LogP contribution in [0.25, 0.3) is 22.3 Å². The number of nitrogens with one attached hydrogen (secondary N) is 1. The molecule has 128 valence electrons. The Labute approximate surface area is 156 Å². The summed E-state index contributed by atoms with van der Waals surface area (Å²) in [4.78, 5) is 20.1. The summed E-state index contributed by atoms with van der Waals surface area (Å²) in [5.74, 6) is -0.355. The summed E-state index contributed by atoms with van der Waals surface area (Å²) >= 11 is 11.9. The van der Waals surface area contributed by atoms with E-state index in [-0.39, 0.29) is 5.91 Å². The Hall–Kier alpha value is -2.70. The Kier molecular flexibility index (Phi) is 3.23. The lowest BCUT2D eigenvalue weighted by Crippen LogP contribution is -2.13. The summed E-state index contributed by atoms with van der Waals surface area (Å²) in [7, 11) is 0. The Morgan fingerprint density at radius 3 is 2.58 bits per heavy atom. The number of anilines is 1. The molecule has 1 aliphatic carbocycles. The SMILES string of the molecule is O=C(Nc1ccc(Cl)c(Cl)c1)c1c(-c2cnc(F)nc2)c2oc1c1c2C1. The maximum atomic E-state index is 13.1. The van der Waals surface area contributed by atoms with Gasteiger partial charge >= 0.3 is 6.08 Å². The smallest absolute Gasteiger partial charge is 0.308 e. The van der Waals surface area contributed by atoms with Crippen LogP contribution in [0.3, 0.4) is 0 Å². The van der Waals surface area contributed by atoms with Crippen LogP contribution < -0.4 is 5.32 Å². The fraction of sp³-hybridized carbons (Fsp3) is 0.0556. The highest BCUT2D eigenvalue weighted by Crippen LogP contribution is 2.50. The summed E-state index contributed by atoms with van der Waals surface area (Å²) in [5, 5.41) is 3.53. The molecule has 0 spiro atoms. The van der Waals surface area contributed by atoms with Crippen molar-refractivity contribution in [2.75, 3.05) is 5.32 Å². The van der Waals surface area contributed by atoms with Crippen LogP contribution in [0.4, 0.5) is 10.1 Å². The van der Waals surface area contributed by atoms with Gasteiger partial charge < -0.3 is 9.73 Å². The number of amides is 1. The molecule has 1 aliphatic rings. The summed E-state index contributed by atoms with van der Waals surface area (Å²) in [6.07, 6.45) is 2.64. The monoisotopic (exact) mass is 387 g/mol. The number of carbonyl (C=O) groups is 1. The first kappa shape index (κ1) is 15.5. The third kappa shape index (κ3) is 2.26. The zero-order chi connectivity index (χ0) is 18.0. The number of halogens is 3. The summed E-state index contributed by atoms with van der Waals surface area (Å²) < 4.78 is 18.8. The quantitative estimate of drug-likeness (QED) is 0.445. The molecule has 1 amide bonds. The predicted molar refractivity (Wildman–Crippen MR) is 95.6 cm³/mol. The second kappa shape index (κ2) is 5.40. The molecular weight excluding hydrogens is 380 g/mol. The van der Waals surface area contributed by atoms with Gasteiger partial charge in [-0.05, 0) is 18.2 Å². The molecule has 4 aromatic rings. The van der Waals surface area contributed by atoms with Gasteiger partial charge in [-0.2, -0.15) is 4.39 Å². The van der Waals surface area contributed by atoms with E-state index in [0.29, 0.717) is 43.6 Å². The molecule has 0 unspecified atom stereocenters. The lowest BCUT2D eigenvalue weighted by molar-refractivity contribution is 0.102. The molecule has 3 heterocycles. The van der Waals surface area contributed by atoms with Crippen LogP contribution in [0.1, 0.15) is 21.5 Å². The number of nitrogens with zero attached hydrogens (tertiary/aromatic N) is 2. The van der Waals surface area contributed by atoms with E-state index in [0.717, 1.165) is 17.5 Å². The van der Waals surface area contributed by atoms with E-state index in [1.807, 2.05) is 0 Å². The topological polar surface area (TPSA) is 68.0 Å². The first-order valence-corrected chi connectivity index (χ1v) is 8.42. The number of rotatable bonds is 3. The number of aromatic nitrogens is 2. The average Bonchev–Trinajstić information content (AvgIpc) is 3.24. The van der Waals surface area contributed by atoms with Crippen molar-refractivity contribution >= 4 is 46.0 Å². The van der Waals surface area contributed by atoms with Gasteiger partial charge in [-0.3, -0.25) is 4.79 Å².